The van der Waals surface area contributed by atoms with Crippen LogP contribution in [0.4, 0.5) is 0 Å². The Bertz CT molecular complexity index is 514. The van der Waals surface area contributed by atoms with E-state index in [2.05, 4.69) is 21.7 Å². The molecule has 0 unspecified atom stereocenters. The van der Waals surface area contributed by atoms with Gasteiger partial charge in [-0.05, 0) is 44.7 Å². The van der Waals surface area contributed by atoms with Gasteiger partial charge in [0.15, 0.2) is 0 Å². The number of aryl methyl sites for hydroxylation is 1. The van der Waals surface area contributed by atoms with E-state index < -0.39 is 0 Å². The van der Waals surface area contributed by atoms with Crippen LogP contribution in [0.15, 0.2) is 5.51 Å². The standard InChI is InChI=1S/C18H31N3O2S/c1-15-17(24-14-19-15)11-20-6-4-18(5-7-20)10-16(12-23-3)21(13-18)8-9-22-2/h14,16H,4-13H2,1-3H3/t16-/m1/s1. The molecule has 6 heteroatoms. The molecule has 3 heterocycles. The summed E-state index contributed by atoms with van der Waals surface area (Å²) in [6.45, 7) is 9.49. The topological polar surface area (TPSA) is 37.8 Å². The number of aromatic nitrogens is 1. The highest BCUT2D eigenvalue weighted by Crippen LogP contribution is 2.43. The summed E-state index contributed by atoms with van der Waals surface area (Å²) in [6, 6.07) is 0.556. The van der Waals surface area contributed by atoms with Gasteiger partial charge in [-0.3, -0.25) is 9.80 Å². The number of rotatable bonds is 7. The SMILES string of the molecule is COCCN1CC2(CCN(Cc3scnc3C)CC2)C[C@@H]1COC. The summed E-state index contributed by atoms with van der Waals surface area (Å²) >= 11 is 1.79. The Morgan fingerprint density at radius 2 is 2.08 bits per heavy atom. The summed E-state index contributed by atoms with van der Waals surface area (Å²) in [6.07, 6.45) is 3.88. The van der Waals surface area contributed by atoms with Crippen molar-refractivity contribution < 1.29 is 9.47 Å². The van der Waals surface area contributed by atoms with E-state index in [4.69, 9.17) is 9.47 Å². The second-order valence-corrected chi connectivity index (χ2v) is 8.35. The number of likely N-dealkylation sites (tertiary alicyclic amines) is 2. The first kappa shape index (κ1) is 18.3. The van der Waals surface area contributed by atoms with Gasteiger partial charge in [0.2, 0.25) is 0 Å². The molecular weight excluding hydrogens is 322 g/mol. The second-order valence-electron chi connectivity index (χ2n) is 7.41. The molecule has 1 aromatic heterocycles. The van der Waals surface area contributed by atoms with E-state index in [9.17, 15) is 0 Å². The van der Waals surface area contributed by atoms with Gasteiger partial charge in [0.1, 0.15) is 0 Å². The van der Waals surface area contributed by atoms with E-state index >= 15 is 0 Å². The molecule has 0 amide bonds. The number of methoxy groups -OCH3 is 2. The first-order valence-electron chi connectivity index (χ1n) is 8.99. The van der Waals surface area contributed by atoms with Crippen molar-refractivity contribution >= 4 is 11.3 Å². The summed E-state index contributed by atoms with van der Waals surface area (Å²) in [4.78, 5) is 11.0. The fourth-order valence-electron chi connectivity index (χ4n) is 4.31. The van der Waals surface area contributed by atoms with E-state index in [1.54, 1.807) is 18.4 Å². The van der Waals surface area contributed by atoms with Crippen LogP contribution in [0.2, 0.25) is 0 Å². The Hall–Kier alpha value is -0.530. The van der Waals surface area contributed by atoms with Gasteiger partial charge in [-0.25, -0.2) is 4.98 Å². The van der Waals surface area contributed by atoms with Gasteiger partial charge >= 0.3 is 0 Å². The van der Waals surface area contributed by atoms with E-state index in [1.807, 2.05) is 12.6 Å². The van der Waals surface area contributed by atoms with Crippen LogP contribution < -0.4 is 0 Å². The number of ether oxygens (including phenoxy) is 2. The van der Waals surface area contributed by atoms with Crippen molar-refractivity contribution in [1.82, 2.24) is 14.8 Å². The van der Waals surface area contributed by atoms with Gasteiger partial charge in [0.05, 0.1) is 24.4 Å². The lowest BCUT2D eigenvalue weighted by Crippen LogP contribution is -2.41. The predicted molar refractivity (Wildman–Crippen MR) is 97.5 cm³/mol. The van der Waals surface area contributed by atoms with Crippen LogP contribution in [-0.4, -0.2) is 74.4 Å². The van der Waals surface area contributed by atoms with Gasteiger partial charge in [-0.1, -0.05) is 0 Å². The largest absolute Gasteiger partial charge is 0.383 e. The van der Waals surface area contributed by atoms with Crippen LogP contribution in [0.5, 0.6) is 0 Å². The molecule has 3 rings (SSSR count). The number of piperidine rings is 1. The molecule has 2 aliphatic rings. The highest BCUT2D eigenvalue weighted by atomic mass is 32.1. The molecule has 0 aliphatic carbocycles. The van der Waals surface area contributed by atoms with Gasteiger partial charge in [-0.15, -0.1) is 11.3 Å². The van der Waals surface area contributed by atoms with Crippen LogP contribution in [-0.2, 0) is 16.0 Å². The van der Waals surface area contributed by atoms with Gasteiger partial charge in [-0.2, -0.15) is 0 Å². The summed E-state index contributed by atoms with van der Waals surface area (Å²) in [5.74, 6) is 0. The van der Waals surface area contributed by atoms with Crippen molar-refractivity contribution in [3.63, 3.8) is 0 Å². The zero-order valence-corrected chi connectivity index (χ0v) is 16.1. The third-order valence-electron chi connectivity index (χ3n) is 5.79. The average Bonchev–Trinajstić information content (AvgIpc) is 3.13. The molecule has 1 spiro atoms. The van der Waals surface area contributed by atoms with E-state index in [-0.39, 0.29) is 0 Å². The zero-order chi connectivity index (χ0) is 17.0. The van der Waals surface area contributed by atoms with Crippen LogP contribution in [0, 0.1) is 12.3 Å². The molecule has 1 atom stereocenters. The van der Waals surface area contributed by atoms with Crippen LogP contribution >= 0.6 is 11.3 Å². The lowest BCUT2D eigenvalue weighted by molar-refractivity contribution is 0.0859. The maximum absolute atomic E-state index is 5.48. The first-order valence-corrected chi connectivity index (χ1v) is 9.87. The van der Waals surface area contributed by atoms with E-state index in [0.717, 1.165) is 26.3 Å². The average molecular weight is 354 g/mol. The first-order chi connectivity index (χ1) is 11.7. The summed E-state index contributed by atoms with van der Waals surface area (Å²) in [7, 11) is 3.61. The second kappa shape index (κ2) is 8.23. The number of hydrogen-bond donors (Lipinski definition) is 0. The smallest absolute Gasteiger partial charge is 0.0798 e. The Labute approximate surface area is 150 Å². The highest BCUT2D eigenvalue weighted by molar-refractivity contribution is 7.09. The van der Waals surface area contributed by atoms with Crippen LogP contribution in [0.3, 0.4) is 0 Å². The summed E-state index contributed by atoms with van der Waals surface area (Å²) in [5, 5.41) is 0. The van der Waals surface area contributed by atoms with Crippen LogP contribution in [0.25, 0.3) is 0 Å². The Morgan fingerprint density at radius 3 is 2.71 bits per heavy atom. The molecule has 2 aliphatic heterocycles. The molecular formula is C18H31N3O2S. The predicted octanol–water partition coefficient (Wildman–Crippen LogP) is 2.40. The Balaban J connectivity index is 1.55. The molecule has 2 saturated heterocycles. The molecule has 0 aromatic carbocycles. The number of hydrogen-bond acceptors (Lipinski definition) is 6. The van der Waals surface area contributed by atoms with Gasteiger partial charge < -0.3 is 9.47 Å². The molecule has 2 fully saturated rings. The lowest BCUT2D eigenvalue weighted by Gasteiger charge is -2.39. The fraction of sp³-hybridized carbons (Fsp3) is 0.833. The van der Waals surface area contributed by atoms with Gasteiger partial charge in [0.25, 0.3) is 0 Å². The lowest BCUT2D eigenvalue weighted by atomic mass is 9.76. The molecule has 1 aromatic rings. The monoisotopic (exact) mass is 353 g/mol. The van der Waals surface area contributed by atoms with Crippen molar-refractivity contribution in [1.29, 1.82) is 0 Å². The van der Waals surface area contributed by atoms with Crippen molar-refractivity contribution in [3.8, 4) is 0 Å². The number of thiazole rings is 1. The highest BCUT2D eigenvalue weighted by Gasteiger charge is 2.45. The minimum absolute atomic E-state index is 0.482. The van der Waals surface area contributed by atoms with Crippen molar-refractivity contribution in [2.45, 2.75) is 38.8 Å². The molecule has 0 bridgehead atoms. The molecule has 136 valence electrons. The maximum Gasteiger partial charge on any atom is 0.0798 e. The summed E-state index contributed by atoms with van der Waals surface area (Å²) in [5.41, 5.74) is 3.65. The third-order valence-corrected chi connectivity index (χ3v) is 6.71. The minimum Gasteiger partial charge on any atom is -0.383 e. The van der Waals surface area contributed by atoms with Crippen molar-refractivity contribution in [2.24, 2.45) is 5.41 Å². The zero-order valence-electron chi connectivity index (χ0n) is 15.3. The summed E-state index contributed by atoms with van der Waals surface area (Å²) < 4.78 is 10.8. The molecule has 0 radical (unpaired) electrons. The molecule has 0 saturated carbocycles. The Kier molecular flexibility index (Phi) is 6.27. The third kappa shape index (κ3) is 4.17. The number of nitrogens with zero attached hydrogens (tertiary/aromatic N) is 3. The molecule has 24 heavy (non-hydrogen) atoms. The van der Waals surface area contributed by atoms with Crippen molar-refractivity contribution in [3.05, 3.63) is 16.1 Å². The van der Waals surface area contributed by atoms with Gasteiger partial charge in [0, 0.05) is 44.8 Å². The Morgan fingerprint density at radius 1 is 1.29 bits per heavy atom. The van der Waals surface area contributed by atoms with E-state index in [1.165, 1.54) is 49.5 Å². The van der Waals surface area contributed by atoms with Crippen LogP contribution in [0.1, 0.15) is 29.8 Å². The maximum atomic E-state index is 5.48. The normalized spacial score (nSPS) is 24.9. The molecule has 0 N–H and O–H groups in total. The molecule has 5 nitrogen and oxygen atoms in total. The quantitative estimate of drug-likeness (QED) is 0.752. The van der Waals surface area contributed by atoms with Crippen molar-refractivity contribution in [2.75, 3.05) is 53.6 Å². The van der Waals surface area contributed by atoms with E-state index in [0.29, 0.717) is 11.5 Å². The fourth-order valence-corrected chi connectivity index (χ4v) is 5.13. The minimum atomic E-state index is 0.482.